The minimum absolute atomic E-state index is 0.530. The number of aromatic nitrogens is 2. The summed E-state index contributed by atoms with van der Waals surface area (Å²) in [5.74, 6) is 0.530. The summed E-state index contributed by atoms with van der Waals surface area (Å²) in [7, 11) is 0. The van der Waals surface area contributed by atoms with Gasteiger partial charge in [0.1, 0.15) is 0 Å². The van der Waals surface area contributed by atoms with Crippen LogP contribution in [0.1, 0.15) is 49.4 Å². The molecule has 1 aromatic carbocycles. The van der Waals surface area contributed by atoms with Crippen LogP contribution in [0.4, 0.5) is 0 Å². The lowest BCUT2D eigenvalue weighted by Gasteiger charge is -2.32. The largest absolute Gasteiger partial charge is 0.358 e. The number of aromatic amines is 1. The van der Waals surface area contributed by atoms with Crippen LogP contribution in [0, 0.1) is 0 Å². The fourth-order valence-electron chi connectivity index (χ4n) is 4.00. The minimum Gasteiger partial charge on any atom is -0.358 e. The van der Waals surface area contributed by atoms with Crippen LogP contribution < -0.4 is 5.32 Å². The van der Waals surface area contributed by atoms with Crippen molar-refractivity contribution >= 4 is 10.9 Å². The van der Waals surface area contributed by atoms with Crippen LogP contribution in [-0.2, 0) is 13.1 Å². The number of hydrogen-bond donors (Lipinski definition) is 2. The molecule has 1 fully saturated rings. The molecule has 27 heavy (non-hydrogen) atoms. The Morgan fingerprint density at radius 1 is 1.15 bits per heavy atom. The number of nitrogens with one attached hydrogen (secondary N) is 2. The van der Waals surface area contributed by atoms with E-state index in [-0.39, 0.29) is 0 Å². The predicted molar refractivity (Wildman–Crippen MR) is 112 cm³/mol. The molecule has 4 nitrogen and oxygen atoms in total. The fourth-order valence-corrected chi connectivity index (χ4v) is 4.00. The Morgan fingerprint density at radius 3 is 2.67 bits per heavy atom. The van der Waals surface area contributed by atoms with Crippen LogP contribution in [0.3, 0.4) is 0 Å². The van der Waals surface area contributed by atoms with Gasteiger partial charge in [0.15, 0.2) is 0 Å². The zero-order valence-electron chi connectivity index (χ0n) is 16.4. The Bertz CT molecular complexity index is 860. The zero-order valence-corrected chi connectivity index (χ0v) is 16.4. The second-order valence-corrected chi connectivity index (χ2v) is 8.04. The minimum atomic E-state index is 0.530. The first-order valence-electron chi connectivity index (χ1n) is 10.1. The molecule has 0 saturated carbocycles. The van der Waals surface area contributed by atoms with Crippen molar-refractivity contribution in [2.24, 2.45) is 0 Å². The van der Waals surface area contributed by atoms with Gasteiger partial charge in [0, 0.05) is 48.1 Å². The average molecular weight is 363 g/mol. The van der Waals surface area contributed by atoms with Crippen LogP contribution >= 0.6 is 0 Å². The van der Waals surface area contributed by atoms with E-state index in [2.05, 4.69) is 70.4 Å². The van der Waals surface area contributed by atoms with Crippen LogP contribution in [0.2, 0.25) is 0 Å². The molecule has 0 spiro atoms. The number of fused-ring (bicyclic) bond motifs is 1. The van der Waals surface area contributed by atoms with Gasteiger partial charge in [-0.1, -0.05) is 26.0 Å². The maximum atomic E-state index is 4.11. The van der Waals surface area contributed by atoms with E-state index in [1.165, 1.54) is 40.6 Å². The lowest BCUT2D eigenvalue weighted by Crippen LogP contribution is -2.41. The summed E-state index contributed by atoms with van der Waals surface area (Å²) >= 11 is 0. The Kier molecular flexibility index (Phi) is 5.55. The molecule has 4 rings (SSSR count). The highest BCUT2D eigenvalue weighted by Gasteiger charge is 2.19. The highest BCUT2D eigenvalue weighted by molar-refractivity contribution is 5.84. The van der Waals surface area contributed by atoms with Crippen molar-refractivity contribution in [2.75, 3.05) is 13.1 Å². The van der Waals surface area contributed by atoms with Crippen LogP contribution in [0.15, 0.2) is 48.8 Å². The lowest BCUT2D eigenvalue weighted by molar-refractivity contribution is 0.190. The Labute approximate surface area is 162 Å². The number of H-pyrrole nitrogens is 1. The van der Waals surface area contributed by atoms with E-state index < -0.39 is 0 Å². The summed E-state index contributed by atoms with van der Waals surface area (Å²) in [4.78, 5) is 10.2. The topological polar surface area (TPSA) is 44.0 Å². The number of benzene rings is 1. The zero-order chi connectivity index (χ0) is 18.6. The van der Waals surface area contributed by atoms with E-state index in [4.69, 9.17) is 0 Å². The van der Waals surface area contributed by atoms with Gasteiger partial charge in [-0.15, -0.1) is 0 Å². The molecule has 0 aliphatic carbocycles. The van der Waals surface area contributed by atoms with Crippen molar-refractivity contribution in [3.05, 3.63) is 65.6 Å². The molecule has 0 radical (unpaired) electrons. The van der Waals surface area contributed by atoms with Gasteiger partial charge >= 0.3 is 0 Å². The van der Waals surface area contributed by atoms with Crippen LogP contribution in [-0.4, -0.2) is 34.0 Å². The normalized spacial score (nSPS) is 16.4. The molecule has 0 unspecified atom stereocenters. The van der Waals surface area contributed by atoms with Crippen molar-refractivity contribution < 1.29 is 0 Å². The third-order valence-corrected chi connectivity index (χ3v) is 5.72. The van der Waals surface area contributed by atoms with Crippen LogP contribution in [0.25, 0.3) is 10.9 Å². The van der Waals surface area contributed by atoms with Gasteiger partial charge in [-0.05, 0) is 67.2 Å². The monoisotopic (exact) mass is 362 g/mol. The molecule has 0 amide bonds. The van der Waals surface area contributed by atoms with Crippen molar-refractivity contribution in [3.8, 4) is 0 Å². The number of hydrogen-bond acceptors (Lipinski definition) is 3. The molecule has 4 heteroatoms. The Morgan fingerprint density at radius 2 is 1.93 bits per heavy atom. The van der Waals surface area contributed by atoms with Crippen LogP contribution in [0.5, 0.6) is 0 Å². The quantitative estimate of drug-likeness (QED) is 0.681. The van der Waals surface area contributed by atoms with Gasteiger partial charge < -0.3 is 10.3 Å². The maximum Gasteiger partial charge on any atom is 0.0459 e. The predicted octanol–water partition coefficient (Wildman–Crippen LogP) is 4.44. The summed E-state index contributed by atoms with van der Waals surface area (Å²) < 4.78 is 0. The van der Waals surface area contributed by atoms with Crippen molar-refractivity contribution in [1.82, 2.24) is 20.2 Å². The molecule has 2 N–H and O–H groups in total. The number of piperidine rings is 1. The van der Waals surface area contributed by atoms with Crippen molar-refractivity contribution in [1.29, 1.82) is 0 Å². The molecule has 1 aliphatic heterocycles. The third-order valence-electron chi connectivity index (χ3n) is 5.72. The average Bonchev–Trinajstić information content (AvgIpc) is 3.14. The first-order valence-corrected chi connectivity index (χ1v) is 10.1. The Hall–Kier alpha value is -2.17. The van der Waals surface area contributed by atoms with Gasteiger partial charge in [0.25, 0.3) is 0 Å². The summed E-state index contributed by atoms with van der Waals surface area (Å²) in [6, 6.07) is 13.8. The fraction of sp³-hybridized carbons (Fsp3) is 0.435. The maximum absolute atomic E-state index is 4.11. The molecular formula is C23H30N4. The molecular weight excluding hydrogens is 332 g/mol. The lowest BCUT2D eigenvalue weighted by atomic mass is 10.0. The number of rotatable bonds is 6. The molecule has 142 valence electrons. The van der Waals surface area contributed by atoms with E-state index in [0.29, 0.717) is 12.0 Å². The van der Waals surface area contributed by atoms with Crippen molar-refractivity contribution in [2.45, 2.75) is 51.7 Å². The van der Waals surface area contributed by atoms with Gasteiger partial charge in [0.2, 0.25) is 0 Å². The SMILES string of the molecule is CC(C)c1cc2c(CNC3CCN(Cc4ccncc4)CC3)cccc2[nH]1. The second kappa shape index (κ2) is 8.24. The highest BCUT2D eigenvalue weighted by atomic mass is 15.1. The molecule has 0 atom stereocenters. The van der Waals surface area contributed by atoms with E-state index in [0.717, 1.165) is 26.2 Å². The first-order chi connectivity index (χ1) is 13.2. The second-order valence-electron chi connectivity index (χ2n) is 8.04. The molecule has 1 aliphatic rings. The van der Waals surface area contributed by atoms with Gasteiger partial charge in [0.05, 0.1) is 0 Å². The number of nitrogens with zero attached hydrogens (tertiary/aromatic N) is 2. The van der Waals surface area contributed by atoms with E-state index in [1.54, 1.807) is 0 Å². The number of likely N-dealkylation sites (tertiary alicyclic amines) is 1. The first kappa shape index (κ1) is 18.2. The highest BCUT2D eigenvalue weighted by Crippen LogP contribution is 2.24. The van der Waals surface area contributed by atoms with Crippen molar-refractivity contribution in [3.63, 3.8) is 0 Å². The van der Waals surface area contributed by atoms with E-state index in [9.17, 15) is 0 Å². The Balaban J connectivity index is 1.32. The number of pyridine rings is 1. The molecule has 3 heterocycles. The summed E-state index contributed by atoms with van der Waals surface area (Å²) in [5, 5.41) is 5.17. The summed E-state index contributed by atoms with van der Waals surface area (Å²) in [6.07, 6.45) is 6.20. The molecule has 1 saturated heterocycles. The van der Waals surface area contributed by atoms with Gasteiger partial charge in [-0.3, -0.25) is 9.88 Å². The summed E-state index contributed by atoms with van der Waals surface area (Å²) in [6.45, 7) is 8.78. The van der Waals surface area contributed by atoms with E-state index in [1.807, 2.05) is 12.4 Å². The molecule has 0 bridgehead atoms. The smallest absolute Gasteiger partial charge is 0.0459 e. The molecule has 3 aromatic rings. The van der Waals surface area contributed by atoms with Gasteiger partial charge in [-0.2, -0.15) is 0 Å². The standard InChI is InChI=1S/C23H30N4/c1-17(2)23-14-21-19(4-3-5-22(21)26-23)15-25-20-8-12-27(13-9-20)16-18-6-10-24-11-7-18/h3-7,10-11,14,17,20,25-26H,8-9,12-13,15-16H2,1-2H3. The van der Waals surface area contributed by atoms with E-state index >= 15 is 0 Å². The van der Waals surface area contributed by atoms with Gasteiger partial charge in [-0.25, -0.2) is 0 Å². The molecule has 2 aromatic heterocycles. The third kappa shape index (κ3) is 4.40. The summed E-state index contributed by atoms with van der Waals surface area (Å²) in [5.41, 5.74) is 5.33.